The molecule has 0 spiro atoms. The van der Waals surface area contributed by atoms with Crippen LogP contribution in [0.25, 0.3) is 11.0 Å². The first-order chi connectivity index (χ1) is 11.5. The van der Waals surface area contributed by atoms with Gasteiger partial charge in [0.2, 0.25) is 5.91 Å². The van der Waals surface area contributed by atoms with E-state index in [0.29, 0.717) is 35.0 Å². The lowest BCUT2D eigenvalue weighted by atomic mass is 10.3. The molecule has 124 valence electrons. The molecule has 0 aliphatic heterocycles. The first-order valence-electron chi connectivity index (χ1n) is 7.17. The maximum absolute atomic E-state index is 13.1. The third-order valence-corrected chi connectivity index (χ3v) is 3.92. The molecule has 2 heterocycles. The minimum absolute atomic E-state index is 0.238. The van der Waals surface area contributed by atoms with Gasteiger partial charge in [0.05, 0.1) is 11.0 Å². The standard InChI is InChI=1S/C15H14FN5O2S/c1-8(22)18-15-21-12(7-24-15)14(23)17-5-4-13-19-10-3-2-9(16)6-11(10)20-13/h2-3,6-7H,4-5H2,1H3,(H,17,23)(H,19,20)(H,18,21,22). The van der Waals surface area contributed by atoms with E-state index in [1.807, 2.05) is 0 Å². The number of anilines is 1. The molecule has 0 radical (unpaired) electrons. The summed E-state index contributed by atoms with van der Waals surface area (Å²) in [5.74, 6) is -0.236. The maximum atomic E-state index is 13.1. The van der Waals surface area contributed by atoms with Crippen LogP contribution in [0, 0.1) is 5.82 Å². The Morgan fingerprint density at radius 3 is 2.96 bits per heavy atom. The molecule has 2 aromatic heterocycles. The Balaban J connectivity index is 1.55. The number of aromatic amines is 1. The highest BCUT2D eigenvalue weighted by molar-refractivity contribution is 7.14. The molecule has 3 rings (SSSR count). The monoisotopic (exact) mass is 347 g/mol. The molecule has 0 saturated carbocycles. The van der Waals surface area contributed by atoms with Crippen molar-refractivity contribution in [3.63, 3.8) is 0 Å². The molecule has 0 atom stereocenters. The molecule has 3 aromatic rings. The van der Waals surface area contributed by atoms with Crippen molar-refractivity contribution in [2.45, 2.75) is 13.3 Å². The molecule has 1 aromatic carbocycles. The van der Waals surface area contributed by atoms with Crippen molar-refractivity contribution >= 4 is 39.3 Å². The average Bonchev–Trinajstić information content (AvgIpc) is 3.12. The van der Waals surface area contributed by atoms with E-state index in [1.54, 1.807) is 11.4 Å². The number of carbonyl (C=O) groups excluding carboxylic acids is 2. The Hall–Kier alpha value is -2.81. The van der Waals surface area contributed by atoms with Crippen LogP contribution >= 0.6 is 11.3 Å². The molecule has 2 amide bonds. The van der Waals surface area contributed by atoms with Gasteiger partial charge in [0.15, 0.2) is 5.13 Å². The van der Waals surface area contributed by atoms with Crippen LogP contribution in [-0.4, -0.2) is 33.3 Å². The van der Waals surface area contributed by atoms with E-state index in [0.717, 1.165) is 0 Å². The molecule has 7 nitrogen and oxygen atoms in total. The lowest BCUT2D eigenvalue weighted by molar-refractivity contribution is -0.114. The number of fused-ring (bicyclic) bond motifs is 1. The summed E-state index contributed by atoms with van der Waals surface area (Å²) < 4.78 is 13.1. The van der Waals surface area contributed by atoms with E-state index < -0.39 is 0 Å². The minimum Gasteiger partial charge on any atom is -0.350 e. The lowest BCUT2D eigenvalue weighted by Gasteiger charge is -2.01. The van der Waals surface area contributed by atoms with Gasteiger partial charge in [-0.05, 0) is 18.2 Å². The lowest BCUT2D eigenvalue weighted by Crippen LogP contribution is -2.26. The second kappa shape index (κ2) is 6.75. The first-order valence-corrected chi connectivity index (χ1v) is 8.04. The summed E-state index contributed by atoms with van der Waals surface area (Å²) in [6, 6.07) is 4.33. The number of H-pyrrole nitrogens is 1. The predicted octanol–water partition coefficient (Wildman–Crippen LogP) is 2.09. The van der Waals surface area contributed by atoms with E-state index in [4.69, 9.17) is 0 Å². The number of rotatable bonds is 5. The fourth-order valence-corrected chi connectivity index (χ4v) is 2.86. The van der Waals surface area contributed by atoms with Crippen molar-refractivity contribution in [3.05, 3.63) is 40.9 Å². The SMILES string of the molecule is CC(=O)Nc1nc(C(=O)NCCc2nc3ccc(F)cc3[nH]2)cs1. The number of carbonyl (C=O) groups is 2. The topological polar surface area (TPSA) is 99.8 Å². The molecule has 24 heavy (non-hydrogen) atoms. The fourth-order valence-electron chi connectivity index (χ4n) is 2.12. The second-order valence-corrected chi connectivity index (χ2v) is 5.93. The van der Waals surface area contributed by atoms with Gasteiger partial charge in [0, 0.05) is 25.3 Å². The number of nitrogens with zero attached hydrogens (tertiary/aromatic N) is 2. The Bertz CT molecular complexity index is 904. The van der Waals surface area contributed by atoms with Crippen LogP contribution in [0.2, 0.25) is 0 Å². The molecule has 0 aliphatic carbocycles. The van der Waals surface area contributed by atoms with Crippen LogP contribution in [0.4, 0.5) is 9.52 Å². The summed E-state index contributed by atoms with van der Waals surface area (Å²) >= 11 is 1.18. The molecule has 0 unspecified atom stereocenters. The third kappa shape index (κ3) is 3.74. The Morgan fingerprint density at radius 1 is 1.33 bits per heavy atom. The maximum Gasteiger partial charge on any atom is 0.270 e. The van der Waals surface area contributed by atoms with Crippen molar-refractivity contribution in [1.29, 1.82) is 0 Å². The number of halogens is 1. The van der Waals surface area contributed by atoms with Gasteiger partial charge in [-0.2, -0.15) is 0 Å². The third-order valence-electron chi connectivity index (χ3n) is 3.16. The summed E-state index contributed by atoms with van der Waals surface area (Å²) in [6.07, 6.45) is 0.477. The second-order valence-electron chi connectivity index (χ2n) is 5.07. The van der Waals surface area contributed by atoms with E-state index in [1.165, 1.54) is 30.4 Å². The zero-order valence-corrected chi connectivity index (χ0v) is 13.5. The number of imidazole rings is 1. The van der Waals surface area contributed by atoms with Gasteiger partial charge in [-0.3, -0.25) is 9.59 Å². The normalized spacial score (nSPS) is 10.8. The number of thiazole rings is 1. The van der Waals surface area contributed by atoms with Gasteiger partial charge in [-0.25, -0.2) is 14.4 Å². The van der Waals surface area contributed by atoms with Crippen LogP contribution in [0.15, 0.2) is 23.6 Å². The fraction of sp³-hybridized carbons (Fsp3) is 0.200. The first kappa shape index (κ1) is 16.1. The summed E-state index contributed by atoms with van der Waals surface area (Å²) in [6.45, 7) is 1.73. The summed E-state index contributed by atoms with van der Waals surface area (Å²) in [7, 11) is 0. The van der Waals surface area contributed by atoms with E-state index in [-0.39, 0.29) is 23.3 Å². The zero-order valence-electron chi connectivity index (χ0n) is 12.7. The molecule has 0 fully saturated rings. The average molecular weight is 347 g/mol. The number of benzene rings is 1. The predicted molar refractivity (Wildman–Crippen MR) is 88.5 cm³/mol. The Labute approximate surface area is 140 Å². The highest BCUT2D eigenvalue weighted by Crippen LogP contribution is 2.15. The molecule has 0 saturated heterocycles. The number of amides is 2. The molecular weight excluding hydrogens is 333 g/mol. The Morgan fingerprint density at radius 2 is 2.17 bits per heavy atom. The van der Waals surface area contributed by atoms with Crippen LogP contribution in [0.5, 0.6) is 0 Å². The van der Waals surface area contributed by atoms with Gasteiger partial charge in [0.1, 0.15) is 17.3 Å². The van der Waals surface area contributed by atoms with Crippen LogP contribution in [-0.2, 0) is 11.2 Å². The van der Waals surface area contributed by atoms with Crippen molar-refractivity contribution in [2.75, 3.05) is 11.9 Å². The Kier molecular flexibility index (Phi) is 4.52. The summed E-state index contributed by atoms with van der Waals surface area (Å²) in [5, 5.41) is 7.21. The quantitative estimate of drug-likeness (QED) is 0.658. The number of aromatic nitrogens is 3. The summed E-state index contributed by atoms with van der Waals surface area (Å²) in [4.78, 5) is 34.3. The number of hydrogen-bond acceptors (Lipinski definition) is 5. The van der Waals surface area contributed by atoms with Gasteiger partial charge >= 0.3 is 0 Å². The van der Waals surface area contributed by atoms with Crippen molar-refractivity contribution < 1.29 is 14.0 Å². The van der Waals surface area contributed by atoms with Crippen molar-refractivity contribution in [3.8, 4) is 0 Å². The van der Waals surface area contributed by atoms with Crippen LogP contribution in [0.3, 0.4) is 0 Å². The van der Waals surface area contributed by atoms with Gasteiger partial charge in [0.25, 0.3) is 5.91 Å². The van der Waals surface area contributed by atoms with Crippen molar-refractivity contribution in [2.24, 2.45) is 0 Å². The highest BCUT2D eigenvalue weighted by atomic mass is 32.1. The van der Waals surface area contributed by atoms with E-state index in [2.05, 4.69) is 25.6 Å². The minimum atomic E-state index is -0.329. The van der Waals surface area contributed by atoms with E-state index in [9.17, 15) is 14.0 Å². The molecular formula is C15H14FN5O2S. The smallest absolute Gasteiger partial charge is 0.270 e. The molecule has 9 heteroatoms. The molecule has 0 bridgehead atoms. The van der Waals surface area contributed by atoms with Gasteiger partial charge in [-0.1, -0.05) is 0 Å². The van der Waals surface area contributed by atoms with Crippen molar-refractivity contribution in [1.82, 2.24) is 20.3 Å². The zero-order chi connectivity index (χ0) is 17.1. The van der Waals surface area contributed by atoms with E-state index >= 15 is 0 Å². The van der Waals surface area contributed by atoms with Crippen LogP contribution < -0.4 is 10.6 Å². The largest absolute Gasteiger partial charge is 0.350 e. The molecule has 3 N–H and O–H groups in total. The molecule has 0 aliphatic rings. The summed E-state index contributed by atoms with van der Waals surface area (Å²) in [5.41, 5.74) is 1.54. The number of nitrogens with one attached hydrogen (secondary N) is 3. The number of hydrogen-bond donors (Lipinski definition) is 3. The van der Waals surface area contributed by atoms with Gasteiger partial charge < -0.3 is 15.6 Å². The highest BCUT2D eigenvalue weighted by Gasteiger charge is 2.11. The van der Waals surface area contributed by atoms with Gasteiger partial charge in [-0.15, -0.1) is 11.3 Å². The van der Waals surface area contributed by atoms with Crippen LogP contribution in [0.1, 0.15) is 23.2 Å².